The van der Waals surface area contributed by atoms with Gasteiger partial charge in [-0.1, -0.05) is 0 Å². The maximum atomic E-state index is 12.6. The van der Waals surface area contributed by atoms with Crippen molar-refractivity contribution in [2.75, 3.05) is 14.2 Å². The Hall–Kier alpha value is -0.990. The van der Waals surface area contributed by atoms with Crippen molar-refractivity contribution in [2.45, 2.75) is 6.43 Å². The third-order valence-corrected chi connectivity index (χ3v) is 2.67. The average Bonchev–Trinajstić information content (AvgIpc) is 2.26. The van der Waals surface area contributed by atoms with Gasteiger partial charge in [-0.15, -0.1) is 0 Å². The number of alkyl halides is 2. The molecule has 7 heteroatoms. The van der Waals surface area contributed by atoms with E-state index in [1.165, 1.54) is 20.3 Å². The van der Waals surface area contributed by atoms with Crippen molar-refractivity contribution in [3.8, 4) is 5.88 Å². The SMILES string of the molecule is COC(=O)c1cc(I)c(C(F)F)c(OC)n1. The minimum absolute atomic E-state index is 0.0619. The van der Waals surface area contributed by atoms with Crippen LogP contribution in [0.2, 0.25) is 0 Å². The monoisotopic (exact) mass is 343 g/mol. The summed E-state index contributed by atoms with van der Waals surface area (Å²) in [7, 11) is 2.40. The van der Waals surface area contributed by atoms with E-state index in [1.54, 1.807) is 22.6 Å². The van der Waals surface area contributed by atoms with Crippen LogP contribution in [0, 0.1) is 3.57 Å². The number of esters is 1. The van der Waals surface area contributed by atoms with Gasteiger partial charge in [0.15, 0.2) is 5.69 Å². The summed E-state index contributed by atoms with van der Waals surface area (Å²) in [6.07, 6.45) is -2.71. The highest BCUT2D eigenvalue weighted by molar-refractivity contribution is 14.1. The number of aromatic nitrogens is 1. The zero-order chi connectivity index (χ0) is 12.3. The lowest BCUT2D eigenvalue weighted by atomic mass is 10.2. The molecule has 0 saturated carbocycles. The van der Waals surface area contributed by atoms with Crippen molar-refractivity contribution < 1.29 is 23.0 Å². The van der Waals surface area contributed by atoms with Crippen LogP contribution in [0.3, 0.4) is 0 Å². The highest BCUT2D eigenvalue weighted by atomic mass is 127. The fraction of sp³-hybridized carbons (Fsp3) is 0.333. The van der Waals surface area contributed by atoms with Crippen LogP contribution >= 0.6 is 22.6 Å². The molecule has 0 fully saturated rings. The summed E-state index contributed by atoms with van der Waals surface area (Å²) in [5, 5.41) is 0. The van der Waals surface area contributed by atoms with Gasteiger partial charge >= 0.3 is 5.97 Å². The van der Waals surface area contributed by atoms with E-state index in [0.717, 1.165) is 0 Å². The van der Waals surface area contributed by atoms with Crippen LogP contribution in [0.15, 0.2) is 6.07 Å². The number of hydrogen-bond donors (Lipinski definition) is 0. The molecule has 0 N–H and O–H groups in total. The van der Waals surface area contributed by atoms with Crippen LogP contribution in [0.4, 0.5) is 8.78 Å². The number of ether oxygens (including phenoxy) is 2. The van der Waals surface area contributed by atoms with Crippen LogP contribution in [-0.4, -0.2) is 25.2 Å². The van der Waals surface area contributed by atoms with Gasteiger partial charge < -0.3 is 9.47 Å². The van der Waals surface area contributed by atoms with Crippen molar-refractivity contribution in [3.63, 3.8) is 0 Å². The predicted molar refractivity (Wildman–Crippen MR) is 59.8 cm³/mol. The molecule has 0 bridgehead atoms. The Bertz CT molecular complexity index is 412. The lowest BCUT2D eigenvalue weighted by molar-refractivity contribution is 0.0592. The van der Waals surface area contributed by atoms with E-state index in [2.05, 4.69) is 9.72 Å². The summed E-state index contributed by atoms with van der Waals surface area (Å²) in [6.45, 7) is 0. The Morgan fingerprint density at radius 2 is 2.12 bits per heavy atom. The summed E-state index contributed by atoms with van der Waals surface area (Å²) < 4.78 is 34.7. The molecule has 0 spiro atoms. The average molecular weight is 343 g/mol. The summed E-state index contributed by atoms with van der Waals surface area (Å²) in [4.78, 5) is 14.8. The van der Waals surface area contributed by atoms with Crippen molar-refractivity contribution in [1.29, 1.82) is 0 Å². The van der Waals surface area contributed by atoms with E-state index in [9.17, 15) is 13.6 Å². The molecular weight excluding hydrogens is 335 g/mol. The summed E-state index contributed by atoms with van der Waals surface area (Å²) in [5.74, 6) is -0.959. The van der Waals surface area contributed by atoms with Gasteiger partial charge in [0.1, 0.15) is 0 Å². The van der Waals surface area contributed by atoms with Gasteiger partial charge in [-0.05, 0) is 28.7 Å². The van der Waals surface area contributed by atoms with Gasteiger partial charge in [-0.2, -0.15) is 0 Å². The lowest BCUT2D eigenvalue weighted by Gasteiger charge is -2.10. The molecule has 0 aliphatic carbocycles. The normalized spacial score (nSPS) is 10.4. The third kappa shape index (κ3) is 2.57. The maximum absolute atomic E-state index is 12.6. The Kier molecular flexibility index (Phi) is 4.39. The third-order valence-electron chi connectivity index (χ3n) is 1.78. The second kappa shape index (κ2) is 5.37. The minimum Gasteiger partial charge on any atom is -0.481 e. The fourth-order valence-electron chi connectivity index (χ4n) is 1.06. The molecule has 0 saturated heterocycles. The molecule has 0 atom stereocenters. The highest BCUT2D eigenvalue weighted by Gasteiger charge is 2.22. The Morgan fingerprint density at radius 1 is 1.50 bits per heavy atom. The number of pyridine rings is 1. The lowest BCUT2D eigenvalue weighted by Crippen LogP contribution is -2.08. The van der Waals surface area contributed by atoms with Crippen LogP contribution in [0.5, 0.6) is 5.88 Å². The van der Waals surface area contributed by atoms with Crippen molar-refractivity contribution in [3.05, 3.63) is 20.9 Å². The van der Waals surface area contributed by atoms with Crippen molar-refractivity contribution in [2.24, 2.45) is 0 Å². The smallest absolute Gasteiger partial charge is 0.356 e. The second-order valence-corrected chi connectivity index (χ2v) is 3.87. The minimum atomic E-state index is -2.71. The molecule has 88 valence electrons. The molecule has 0 amide bonds. The number of carbonyl (C=O) groups is 1. The molecule has 1 rings (SSSR count). The summed E-state index contributed by atoms with van der Waals surface area (Å²) in [5.41, 5.74) is -0.385. The van der Waals surface area contributed by atoms with Crippen LogP contribution in [0.1, 0.15) is 22.5 Å². The van der Waals surface area contributed by atoms with Crippen molar-refractivity contribution >= 4 is 28.6 Å². The number of nitrogens with zero attached hydrogens (tertiary/aromatic N) is 1. The number of rotatable bonds is 3. The van der Waals surface area contributed by atoms with E-state index >= 15 is 0 Å². The zero-order valence-electron chi connectivity index (χ0n) is 8.46. The molecule has 1 aromatic rings. The largest absolute Gasteiger partial charge is 0.481 e. The van der Waals surface area contributed by atoms with Gasteiger partial charge in [0, 0.05) is 3.57 Å². The first kappa shape index (κ1) is 13.1. The van der Waals surface area contributed by atoms with Crippen LogP contribution in [0.25, 0.3) is 0 Å². The molecule has 0 aliphatic heterocycles. The second-order valence-electron chi connectivity index (χ2n) is 2.70. The Morgan fingerprint density at radius 3 is 2.56 bits per heavy atom. The number of carbonyl (C=O) groups excluding carboxylic acids is 1. The van der Waals surface area contributed by atoms with Crippen LogP contribution in [-0.2, 0) is 4.74 Å². The van der Waals surface area contributed by atoms with E-state index in [4.69, 9.17) is 4.74 Å². The van der Waals surface area contributed by atoms with E-state index in [-0.39, 0.29) is 20.7 Å². The topological polar surface area (TPSA) is 48.4 Å². The van der Waals surface area contributed by atoms with E-state index in [1.807, 2.05) is 0 Å². The first-order valence-electron chi connectivity index (χ1n) is 4.12. The summed E-state index contributed by atoms with van der Waals surface area (Å²) in [6, 6.07) is 1.23. The van der Waals surface area contributed by atoms with Gasteiger partial charge in [0.2, 0.25) is 5.88 Å². The molecule has 0 radical (unpaired) electrons. The van der Waals surface area contributed by atoms with E-state index in [0.29, 0.717) is 0 Å². The fourth-order valence-corrected chi connectivity index (χ4v) is 1.83. The molecule has 16 heavy (non-hydrogen) atoms. The van der Waals surface area contributed by atoms with Crippen molar-refractivity contribution in [1.82, 2.24) is 4.98 Å². The quantitative estimate of drug-likeness (QED) is 0.625. The van der Waals surface area contributed by atoms with Gasteiger partial charge in [-0.3, -0.25) is 0 Å². The van der Waals surface area contributed by atoms with Gasteiger partial charge in [-0.25, -0.2) is 18.6 Å². The number of hydrogen-bond acceptors (Lipinski definition) is 4. The van der Waals surface area contributed by atoms with Crippen LogP contribution < -0.4 is 4.74 Å². The zero-order valence-corrected chi connectivity index (χ0v) is 10.6. The first-order valence-corrected chi connectivity index (χ1v) is 5.20. The predicted octanol–water partition coefficient (Wildman–Crippen LogP) is 2.42. The molecule has 1 aromatic heterocycles. The number of halogens is 3. The van der Waals surface area contributed by atoms with Gasteiger partial charge in [0.05, 0.1) is 19.8 Å². The first-order chi connectivity index (χ1) is 7.51. The van der Waals surface area contributed by atoms with E-state index < -0.39 is 12.4 Å². The molecular formula is C9H8F2INO3. The molecule has 0 aromatic carbocycles. The standard InChI is InChI=1S/C9H8F2INO3/c1-15-8-6(7(10)11)4(12)3-5(13-8)9(14)16-2/h3,7H,1-2H3. The highest BCUT2D eigenvalue weighted by Crippen LogP contribution is 2.32. The Balaban J connectivity index is 3.32. The number of methoxy groups -OCH3 is 2. The molecule has 4 nitrogen and oxygen atoms in total. The Labute approximate surface area is 104 Å². The van der Waals surface area contributed by atoms with Gasteiger partial charge in [0.25, 0.3) is 6.43 Å². The maximum Gasteiger partial charge on any atom is 0.356 e. The molecule has 1 heterocycles. The summed E-state index contributed by atoms with van der Waals surface area (Å²) >= 11 is 1.69. The molecule has 0 aliphatic rings. The molecule has 0 unspecified atom stereocenters.